The first-order valence-corrected chi connectivity index (χ1v) is 9.14. The van der Waals surface area contributed by atoms with Crippen LogP contribution in [-0.2, 0) is 6.54 Å². The van der Waals surface area contributed by atoms with Crippen molar-refractivity contribution in [2.75, 3.05) is 26.2 Å². The lowest BCUT2D eigenvalue weighted by molar-refractivity contribution is 0.146. The molecule has 3 rings (SSSR count). The minimum absolute atomic E-state index is 0.228. The first-order valence-electron chi connectivity index (χ1n) is 9.14. The molecule has 0 saturated carbocycles. The van der Waals surface area contributed by atoms with Gasteiger partial charge in [0.05, 0.1) is 24.5 Å². The molecule has 0 spiro atoms. The molecule has 1 aliphatic rings. The smallest absolute Gasteiger partial charge is 0.191 e. The summed E-state index contributed by atoms with van der Waals surface area (Å²) in [5.74, 6) is 1.82. The number of nitrogens with one attached hydrogen (secondary N) is 3. The number of nitrogens with zero attached hydrogens (tertiary/aromatic N) is 3. The summed E-state index contributed by atoms with van der Waals surface area (Å²) >= 11 is 0. The van der Waals surface area contributed by atoms with Crippen molar-refractivity contribution in [3.63, 3.8) is 0 Å². The van der Waals surface area contributed by atoms with Crippen LogP contribution in [0.25, 0.3) is 0 Å². The van der Waals surface area contributed by atoms with Crippen LogP contribution in [0.15, 0.2) is 40.1 Å². The van der Waals surface area contributed by atoms with Crippen molar-refractivity contribution in [3.05, 3.63) is 42.1 Å². The number of guanidine groups is 1. The Kier molecular flexibility index (Phi) is 6.50. The molecule has 136 valence electrons. The van der Waals surface area contributed by atoms with Crippen molar-refractivity contribution in [3.8, 4) is 0 Å². The number of hydrogen-bond donors (Lipinski definition) is 3. The first-order chi connectivity index (χ1) is 12.4. The minimum Gasteiger partial charge on any atom is -0.468 e. The van der Waals surface area contributed by atoms with Crippen LogP contribution in [-0.4, -0.2) is 47.2 Å². The minimum atomic E-state index is 0.228. The van der Waals surface area contributed by atoms with Gasteiger partial charge in [0, 0.05) is 19.3 Å². The molecule has 1 saturated heterocycles. The second-order valence-electron chi connectivity index (χ2n) is 6.29. The molecule has 1 aliphatic heterocycles. The van der Waals surface area contributed by atoms with Gasteiger partial charge >= 0.3 is 0 Å². The molecule has 2 aromatic rings. The molecule has 1 atom stereocenters. The monoisotopic (exact) mass is 344 g/mol. The number of furan rings is 1. The summed E-state index contributed by atoms with van der Waals surface area (Å²) in [4.78, 5) is 7.14. The topological polar surface area (TPSA) is 81.5 Å². The van der Waals surface area contributed by atoms with Crippen LogP contribution in [0.1, 0.15) is 43.7 Å². The van der Waals surface area contributed by atoms with Gasteiger partial charge in [0.2, 0.25) is 0 Å². The van der Waals surface area contributed by atoms with Gasteiger partial charge in [-0.15, -0.1) is 0 Å². The van der Waals surface area contributed by atoms with Crippen LogP contribution in [0.3, 0.4) is 0 Å². The molecule has 2 aromatic heterocycles. The predicted molar refractivity (Wildman–Crippen MR) is 98.3 cm³/mol. The predicted octanol–water partition coefficient (Wildman–Crippen LogP) is 2.29. The third kappa shape index (κ3) is 5.09. The lowest BCUT2D eigenvalue weighted by Crippen LogP contribution is -2.44. The van der Waals surface area contributed by atoms with E-state index in [0.717, 1.165) is 43.6 Å². The van der Waals surface area contributed by atoms with E-state index < -0.39 is 0 Å². The van der Waals surface area contributed by atoms with Gasteiger partial charge in [0.15, 0.2) is 5.96 Å². The fraction of sp³-hybridized carbons (Fsp3) is 0.556. The maximum absolute atomic E-state index is 5.70. The van der Waals surface area contributed by atoms with Crippen LogP contribution in [0.5, 0.6) is 0 Å². The van der Waals surface area contributed by atoms with E-state index in [2.05, 4.69) is 43.7 Å². The zero-order valence-corrected chi connectivity index (χ0v) is 14.9. The van der Waals surface area contributed by atoms with E-state index in [-0.39, 0.29) is 6.04 Å². The van der Waals surface area contributed by atoms with Crippen LogP contribution in [0, 0.1) is 0 Å². The summed E-state index contributed by atoms with van der Waals surface area (Å²) in [6.45, 7) is 6.47. The largest absolute Gasteiger partial charge is 0.468 e. The highest BCUT2D eigenvalue weighted by atomic mass is 16.3. The van der Waals surface area contributed by atoms with Gasteiger partial charge in [-0.2, -0.15) is 5.10 Å². The Morgan fingerprint density at radius 2 is 2.20 bits per heavy atom. The third-order valence-electron chi connectivity index (χ3n) is 4.48. The zero-order valence-electron chi connectivity index (χ0n) is 14.9. The summed E-state index contributed by atoms with van der Waals surface area (Å²) in [6, 6.07) is 6.19. The van der Waals surface area contributed by atoms with E-state index in [1.807, 2.05) is 12.1 Å². The molecule has 7 heteroatoms. The first kappa shape index (κ1) is 17.5. The van der Waals surface area contributed by atoms with Gasteiger partial charge in [-0.25, -0.2) is 4.99 Å². The lowest BCUT2D eigenvalue weighted by atomic mass is 10.1. The zero-order chi connectivity index (χ0) is 17.3. The van der Waals surface area contributed by atoms with Crippen molar-refractivity contribution in [2.45, 2.75) is 38.8 Å². The highest BCUT2D eigenvalue weighted by Gasteiger charge is 2.24. The van der Waals surface area contributed by atoms with Gasteiger partial charge in [0.25, 0.3) is 0 Å². The molecule has 0 amide bonds. The lowest BCUT2D eigenvalue weighted by Gasteiger charge is -2.33. The van der Waals surface area contributed by atoms with E-state index >= 15 is 0 Å². The van der Waals surface area contributed by atoms with E-state index in [0.29, 0.717) is 6.54 Å². The van der Waals surface area contributed by atoms with Gasteiger partial charge in [-0.1, -0.05) is 6.42 Å². The highest BCUT2D eigenvalue weighted by Crippen LogP contribution is 2.24. The average molecular weight is 344 g/mol. The number of H-pyrrole nitrogens is 1. The summed E-state index contributed by atoms with van der Waals surface area (Å²) in [6.07, 6.45) is 7.33. The molecular formula is C18H28N6O. The maximum Gasteiger partial charge on any atom is 0.191 e. The van der Waals surface area contributed by atoms with Crippen LogP contribution >= 0.6 is 0 Å². The number of aromatic nitrogens is 2. The van der Waals surface area contributed by atoms with E-state index in [1.54, 1.807) is 12.5 Å². The quantitative estimate of drug-likeness (QED) is 0.530. The van der Waals surface area contributed by atoms with Crippen LogP contribution in [0.4, 0.5) is 0 Å². The summed E-state index contributed by atoms with van der Waals surface area (Å²) < 4.78 is 5.70. The Morgan fingerprint density at radius 1 is 1.32 bits per heavy atom. The fourth-order valence-electron chi connectivity index (χ4n) is 3.19. The van der Waals surface area contributed by atoms with Crippen LogP contribution < -0.4 is 10.6 Å². The Morgan fingerprint density at radius 3 is 2.88 bits per heavy atom. The molecule has 0 aromatic carbocycles. The van der Waals surface area contributed by atoms with Gasteiger partial charge < -0.3 is 15.1 Å². The van der Waals surface area contributed by atoms with E-state index in [9.17, 15) is 0 Å². The number of piperidine rings is 1. The van der Waals surface area contributed by atoms with Gasteiger partial charge in [-0.05, 0) is 51.1 Å². The number of aliphatic imine (C=N–C) groups is 1. The van der Waals surface area contributed by atoms with Gasteiger partial charge in [0.1, 0.15) is 5.76 Å². The second kappa shape index (κ2) is 9.27. The number of aromatic amines is 1. The Bertz CT molecular complexity index is 616. The molecule has 1 unspecified atom stereocenters. The Hall–Kier alpha value is -2.28. The summed E-state index contributed by atoms with van der Waals surface area (Å²) in [5.41, 5.74) is 0.996. The van der Waals surface area contributed by atoms with Gasteiger partial charge in [-0.3, -0.25) is 10.00 Å². The molecule has 3 heterocycles. The molecule has 25 heavy (non-hydrogen) atoms. The highest BCUT2D eigenvalue weighted by molar-refractivity contribution is 5.79. The van der Waals surface area contributed by atoms with Crippen molar-refractivity contribution in [2.24, 2.45) is 4.99 Å². The third-order valence-corrected chi connectivity index (χ3v) is 4.48. The van der Waals surface area contributed by atoms with Crippen molar-refractivity contribution in [1.29, 1.82) is 0 Å². The normalized spacial score (nSPS) is 17.4. The fourth-order valence-corrected chi connectivity index (χ4v) is 3.19. The second-order valence-corrected chi connectivity index (χ2v) is 6.29. The van der Waals surface area contributed by atoms with Crippen molar-refractivity contribution < 1.29 is 4.42 Å². The molecule has 1 fully saturated rings. The maximum atomic E-state index is 5.70. The molecule has 3 N–H and O–H groups in total. The average Bonchev–Trinajstić information content (AvgIpc) is 3.35. The summed E-state index contributed by atoms with van der Waals surface area (Å²) in [7, 11) is 0. The Labute approximate surface area is 148 Å². The Balaban J connectivity index is 1.64. The summed E-state index contributed by atoms with van der Waals surface area (Å²) in [5, 5.41) is 13.7. The van der Waals surface area contributed by atoms with Crippen molar-refractivity contribution in [1.82, 2.24) is 25.7 Å². The molecular weight excluding hydrogens is 316 g/mol. The van der Waals surface area contributed by atoms with Crippen molar-refractivity contribution >= 4 is 5.96 Å². The molecule has 0 aliphatic carbocycles. The standard InChI is InChI=1S/C18H28N6O/c1-2-19-18(20-13-15-8-9-22-23-15)21-14-16(17-7-6-12-25-17)24-10-4-3-5-11-24/h6-9,12,16H,2-5,10-11,13-14H2,1H3,(H,22,23)(H2,19,20,21). The SMILES string of the molecule is CCNC(=NCc1ccn[nH]1)NCC(c1ccco1)N1CCCCC1. The van der Waals surface area contributed by atoms with E-state index in [1.165, 1.54) is 19.3 Å². The number of rotatable bonds is 7. The molecule has 7 nitrogen and oxygen atoms in total. The number of hydrogen-bond acceptors (Lipinski definition) is 4. The number of likely N-dealkylation sites (tertiary alicyclic amines) is 1. The van der Waals surface area contributed by atoms with E-state index in [4.69, 9.17) is 4.42 Å². The van der Waals surface area contributed by atoms with Crippen LogP contribution in [0.2, 0.25) is 0 Å². The molecule has 0 radical (unpaired) electrons. The molecule has 0 bridgehead atoms.